The molecular weight excluding hydrogens is 330 g/mol. The van der Waals surface area contributed by atoms with Gasteiger partial charge in [-0.05, 0) is 96.7 Å². The van der Waals surface area contributed by atoms with Crippen molar-refractivity contribution in [3.8, 4) is 0 Å². The van der Waals surface area contributed by atoms with Crippen molar-refractivity contribution in [2.24, 2.45) is 34.5 Å². The maximum absolute atomic E-state index is 12.1. The van der Waals surface area contributed by atoms with Crippen LogP contribution in [-0.4, -0.2) is 10.8 Å². The standard InChI is InChI=1S/C25H33NO/c1-16-13-19-21-7-6-20(17-5-4-12-26-15-17)24(21,2)11-9-22(19)25(3)10-8-18(27)14-23(16)25/h4-5,12,14-16,19-22H,6-11,13H2,1-3H3. The maximum atomic E-state index is 12.1. The lowest BCUT2D eigenvalue weighted by Gasteiger charge is -2.59. The minimum atomic E-state index is 0.268. The molecule has 1 aromatic heterocycles. The molecule has 7 unspecified atom stereocenters. The predicted molar refractivity (Wildman–Crippen MR) is 108 cm³/mol. The first kappa shape index (κ1) is 17.6. The number of carbonyl (C=O) groups is 1. The van der Waals surface area contributed by atoms with Crippen LogP contribution in [0.15, 0.2) is 36.2 Å². The summed E-state index contributed by atoms with van der Waals surface area (Å²) in [4.78, 5) is 16.5. The number of hydrogen-bond acceptors (Lipinski definition) is 2. The van der Waals surface area contributed by atoms with Crippen molar-refractivity contribution in [1.82, 2.24) is 4.98 Å². The molecule has 0 bridgehead atoms. The van der Waals surface area contributed by atoms with Crippen molar-refractivity contribution in [1.29, 1.82) is 0 Å². The van der Waals surface area contributed by atoms with Crippen LogP contribution in [0.5, 0.6) is 0 Å². The van der Waals surface area contributed by atoms with Crippen molar-refractivity contribution in [3.05, 3.63) is 41.7 Å². The Morgan fingerprint density at radius 1 is 1.11 bits per heavy atom. The highest BCUT2D eigenvalue weighted by atomic mass is 16.1. The van der Waals surface area contributed by atoms with Gasteiger partial charge in [0, 0.05) is 18.8 Å². The molecule has 0 aliphatic heterocycles. The molecule has 4 aliphatic carbocycles. The van der Waals surface area contributed by atoms with Gasteiger partial charge < -0.3 is 0 Å². The van der Waals surface area contributed by atoms with Gasteiger partial charge >= 0.3 is 0 Å². The van der Waals surface area contributed by atoms with E-state index in [2.05, 4.69) is 44.1 Å². The number of allylic oxidation sites excluding steroid dienone is 1. The molecule has 0 aromatic carbocycles. The largest absolute Gasteiger partial charge is 0.295 e. The fourth-order valence-corrected chi connectivity index (χ4v) is 8.11. The average Bonchev–Trinajstić information content (AvgIpc) is 3.01. The Bertz CT molecular complexity index is 783. The summed E-state index contributed by atoms with van der Waals surface area (Å²) in [5.41, 5.74) is 3.64. The van der Waals surface area contributed by atoms with Gasteiger partial charge in [-0.1, -0.05) is 32.4 Å². The van der Waals surface area contributed by atoms with Crippen molar-refractivity contribution in [3.63, 3.8) is 0 Å². The highest BCUT2D eigenvalue weighted by Gasteiger charge is 2.60. The summed E-state index contributed by atoms with van der Waals surface area (Å²) >= 11 is 0. The Hall–Kier alpha value is -1.44. The molecule has 0 spiro atoms. The van der Waals surface area contributed by atoms with E-state index < -0.39 is 0 Å². The number of aromatic nitrogens is 1. The molecule has 27 heavy (non-hydrogen) atoms. The van der Waals surface area contributed by atoms with Crippen molar-refractivity contribution >= 4 is 5.78 Å². The summed E-state index contributed by atoms with van der Waals surface area (Å²) < 4.78 is 0. The molecule has 3 fully saturated rings. The summed E-state index contributed by atoms with van der Waals surface area (Å²) in [6.07, 6.45) is 14.6. The fraction of sp³-hybridized carbons (Fsp3) is 0.680. The van der Waals surface area contributed by atoms with E-state index in [4.69, 9.17) is 0 Å². The topological polar surface area (TPSA) is 30.0 Å². The van der Waals surface area contributed by atoms with Crippen molar-refractivity contribution in [2.75, 3.05) is 0 Å². The lowest BCUT2D eigenvalue weighted by molar-refractivity contribution is -0.118. The lowest BCUT2D eigenvalue weighted by atomic mass is 9.45. The first-order chi connectivity index (χ1) is 12.9. The zero-order valence-electron chi connectivity index (χ0n) is 17.1. The van der Waals surface area contributed by atoms with Crippen molar-refractivity contribution in [2.45, 2.75) is 71.6 Å². The third kappa shape index (κ3) is 2.44. The molecule has 1 heterocycles. The molecule has 0 N–H and O–H groups in total. The smallest absolute Gasteiger partial charge is 0.155 e. The first-order valence-corrected chi connectivity index (χ1v) is 11.1. The van der Waals surface area contributed by atoms with Crippen LogP contribution in [0.4, 0.5) is 0 Å². The second-order valence-electron chi connectivity index (χ2n) is 10.5. The van der Waals surface area contributed by atoms with Crippen LogP contribution in [0.25, 0.3) is 0 Å². The molecule has 4 aliphatic rings. The quantitative estimate of drug-likeness (QED) is 0.618. The molecule has 0 radical (unpaired) electrons. The van der Waals surface area contributed by atoms with E-state index in [0.717, 1.165) is 30.6 Å². The molecule has 1 aromatic rings. The highest BCUT2D eigenvalue weighted by molar-refractivity contribution is 5.91. The number of pyridine rings is 1. The van der Waals surface area contributed by atoms with Gasteiger partial charge in [0.15, 0.2) is 5.78 Å². The highest BCUT2D eigenvalue weighted by Crippen LogP contribution is 2.68. The fourth-order valence-electron chi connectivity index (χ4n) is 8.11. The zero-order chi connectivity index (χ0) is 18.8. The Morgan fingerprint density at radius 2 is 1.96 bits per heavy atom. The van der Waals surface area contributed by atoms with Crippen molar-refractivity contribution < 1.29 is 4.79 Å². The lowest BCUT2D eigenvalue weighted by Crippen LogP contribution is -2.52. The number of carbonyl (C=O) groups excluding carboxylic acids is 1. The number of fused-ring (bicyclic) bond motifs is 5. The van der Waals surface area contributed by atoms with E-state index in [9.17, 15) is 4.79 Å². The third-order valence-electron chi connectivity index (χ3n) is 9.37. The SMILES string of the molecule is CC1CC2C(CCC3(C)C(c4cccnc4)CCC23)C2(C)CCC(=O)C=C12. The Balaban J connectivity index is 1.50. The van der Waals surface area contributed by atoms with E-state index in [0.29, 0.717) is 23.0 Å². The zero-order valence-corrected chi connectivity index (χ0v) is 17.1. The van der Waals surface area contributed by atoms with Gasteiger partial charge in [0.1, 0.15) is 0 Å². The van der Waals surface area contributed by atoms with Gasteiger partial charge in [-0.2, -0.15) is 0 Å². The Labute approximate surface area is 163 Å². The summed E-state index contributed by atoms with van der Waals surface area (Å²) in [5.74, 6) is 4.05. The van der Waals surface area contributed by atoms with Gasteiger partial charge in [-0.3, -0.25) is 9.78 Å². The summed E-state index contributed by atoms with van der Waals surface area (Å²) in [6.45, 7) is 7.47. The minimum Gasteiger partial charge on any atom is -0.295 e. The number of rotatable bonds is 1. The van der Waals surface area contributed by atoms with E-state index in [1.54, 1.807) is 0 Å². The second kappa shape index (κ2) is 6.03. The third-order valence-corrected chi connectivity index (χ3v) is 9.37. The first-order valence-electron chi connectivity index (χ1n) is 11.1. The molecule has 0 amide bonds. The van der Waals surface area contributed by atoms with Gasteiger partial charge in [-0.15, -0.1) is 0 Å². The number of nitrogens with zero attached hydrogens (tertiary/aromatic N) is 1. The monoisotopic (exact) mass is 363 g/mol. The summed E-state index contributed by atoms with van der Waals surface area (Å²) in [7, 11) is 0. The van der Waals surface area contributed by atoms with Gasteiger partial charge in [0.25, 0.3) is 0 Å². The summed E-state index contributed by atoms with van der Waals surface area (Å²) in [6, 6.07) is 4.41. The maximum Gasteiger partial charge on any atom is 0.155 e. The van der Waals surface area contributed by atoms with Gasteiger partial charge in [0.2, 0.25) is 0 Å². The molecule has 0 saturated heterocycles. The van der Waals surface area contributed by atoms with Gasteiger partial charge in [0.05, 0.1) is 0 Å². The predicted octanol–water partition coefficient (Wildman–Crippen LogP) is 5.94. The second-order valence-corrected chi connectivity index (χ2v) is 10.5. The Kier molecular flexibility index (Phi) is 3.94. The van der Waals surface area contributed by atoms with Crippen LogP contribution < -0.4 is 0 Å². The summed E-state index contributed by atoms with van der Waals surface area (Å²) in [5, 5.41) is 0. The van der Waals surface area contributed by atoms with Crippen LogP contribution in [0.2, 0.25) is 0 Å². The normalized spacial score (nSPS) is 46.3. The van der Waals surface area contributed by atoms with E-state index in [1.807, 2.05) is 12.3 Å². The van der Waals surface area contributed by atoms with E-state index in [-0.39, 0.29) is 5.41 Å². The molecule has 2 nitrogen and oxygen atoms in total. The molecular formula is C25H33NO. The van der Waals surface area contributed by atoms with Crippen LogP contribution in [-0.2, 0) is 4.79 Å². The minimum absolute atomic E-state index is 0.268. The number of ketones is 1. The molecule has 3 saturated carbocycles. The van der Waals surface area contributed by atoms with E-state index >= 15 is 0 Å². The van der Waals surface area contributed by atoms with Crippen LogP contribution in [0, 0.1) is 34.5 Å². The molecule has 144 valence electrons. The average molecular weight is 364 g/mol. The van der Waals surface area contributed by atoms with Crippen LogP contribution in [0.1, 0.15) is 77.2 Å². The van der Waals surface area contributed by atoms with Crippen LogP contribution in [0.3, 0.4) is 0 Å². The number of hydrogen-bond donors (Lipinski definition) is 0. The van der Waals surface area contributed by atoms with Crippen LogP contribution >= 0.6 is 0 Å². The molecule has 5 rings (SSSR count). The van der Waals surface area contributed by atoms with Gasteiger partial charge in [-0.25, -0.2) is 0 Å². The molecule has 2 heteroatoms. The Morgan fingerprint density at radius 3 is 2.74 bits per heavy atom. The molecule has 7 atom stereocenters. The van der Waals surface area contributed by atoms with E-state index in [1.165, 1.54) is 43.2 Å².